The normalized spacial score (nSPS) is 10.4. The van der Waals surface area contributed by atoms with E-state index in [1.165, 1.54) is 24.7 Å². The van der Waals surface area contributed by atoms with Gasteiger partial charge in [-0.15, -0.1) is 0 Å². The predicted molar refractivity (Wildman–Crippen MR) is 81.3 cm³/mol. The minimum atomic E-state index is -1.19. The van der Waals surface area contributed by atoms with Gasteiger partial charge in [0.2, 0.25) is 0 Å². The van der Waals surface area contributed by atoms with Crippen molar-refractivity contribution in [1.82, 2.24) is 9.55 Å². The van der Waals surface area contributed by atoms with Crippen molar-refractivity contribution in [2.45, 2.75) is 13.8 Å². The third-order valence-corrected chi connectivity index (χ3v) is 3.44. The van der Waals surface area contributed by atoms with Gasteiger partial charge in [0.05, 0.1) is 23.6 Å². The van der Waals surface area contributed by atoms with Gasteiger partial charge in [0, 0.05) is 13.2 Å². The monoisotopic (exact) mass is 316 g/mol. The summed E-state index contributed by atoms with van der Waals surface area (Å²) in [5.41, 5.74) is 0.806. The summed E-state index contributed by atoms with van der Waals surface area (Å²) < 4.78 is 6.09. The number of hydrogen-bond acceptors (Lipinski definition) is 5. The molecule has 0 saturated heterocycles. The molecule has 0 atom stereocenters. The third-order valence-electron chi connectivity index (χ3n) is 3.44. The molecule has 0 bridgehead atoms. The Bertz CT molecular complexity index is 778. The highest BCUT2D eigenvalue weighted by molar-refractivity contribution is 6.41. The molecule has 0 radical (unpaired) electrons. The standard InChI is InChI=1S/C16H16N2O5/c1-4-23-16(22)14(19)12-9(2)11(15(20)21)13(18(12)3)10-7-5-6-8-17-10/h5-8H,4H2,1-3H3,(H,20,21). The molecule has 120 valence electrons. The number of ether oxygens (including phenoxy) is 1. The predicted octanol–water partition coefficient (Wildman–Crippen LogP) is 1.84. The molecule has 23 heavy (non-hydrogen) atoms. The van der Waals surface area contributed by atoms with E-state index in [4.69, 9.17) is 4.74 Å². The number of esters is 1. The van der Waals surface area contributed by atoms with Gasteiger partial charge >= 0.3 is 11.9 Å². The van der Waals surface area contributed by atoms with Crippen LogP contribution in [0.3, 0.4) is 0 Å². The molecule has 2 heterocycles. The van der Waals surface area contributed by atoms with E-state index < -0.39 is 17.7 Å². The quantitative estimate of drug-likeness (QED) is 0.513. The topological polar surface area (TPSA) is 98.5 Å². The second-order valence-electron chi connectivity index (χ2n) is 4.83. The van der Waals surface area contributed by atoms with E-state index >= 15 is 0 Å². The van der Waals surface area contributed by atoms with E-state index in [9.17, 15) is 19.5 Å². The number of Topliss-reactive ketones (excluding diaryl/α,β-unsaturated/α-hetero) is 1. The average Bonchev–Trinajstić information content (AvgIpc) is 2.78. The summed E-state index contributed by atoms with van der Waals surface area (Å²) in [5, 5.41) is 9.50. The van der Waals surface area contributed by atoms with Gasteiger partial charge in [-0.05, 0) is 31.5 Å². The van der Waals surface area contributed by atoms with Crippen molar-refractivity contribution in [3.8, 4) is 11.4 Å². The fourth-order valence-corrected chi connectivity index (χ4v) is 2.51. The van der Waals surface area contributed by atoms with Crippen molar-refractivity contribution >= 4 is 17.7 Å². The summed E-state index contributed by atoms with van der Waals surface area (Å²) in [6.45, 7) is 3.14. The molecule has 0 spiro atoms. The second-order valence-corrected chi connectivity index (χ2v) is 4.83. The van der Waals surface area contributed by atoms with Crippen molar-refractivity contribution in [1.29, 1.82) is 0 Å². The highest BCUT2D eigenvalue weighted by Crippen LogP contribution is 2.30. The lowest BCUT2D eigenvalue weighted by Gasteiger charge is -2.07. The highest BCUT2D eigenvalue weighted by atomic mass is 16.5. The van der Waals surface area contributed by atoms with Crippen LogP contribution in [0.25, 0.3) is 11.4 Å². The zero-order valence-electron chi connectivity index (χ0n) is 13.0. The molecule has 7 nitrogen and oxygen atoms in total. The molecule has 0 aliphatic heterocycles. The minimum absolute atomic E-state index is 0.0125. The fraction of sp³-hybridized carbons (Fsp3) is 0.250. The first-order valence-electron chi connectivity index (χ1n) is 6.95. The molecule has 2 aromatic heterocycles. The summed E-state index contributed by atoms with van der Waals surface area (Å²) in [6, 6.07) is 5.05. The Kier molecular flexibility index (Phi) is 4.59. The van der Waals surface area contributed by atoms with Crippen LogP contribution in [0.5, 0.6) is 0 Å². The molecular weight excluding hydrogens is 300 g/mol. The van der Waals surface area contributed by atoms with Gasteiger partial charge in [0.15, 0.2) is 0 Å². The van der Waals surface area contributed by atoms with Crippen molar-refractivity contribution < 1.29 is 24.2 Å². The molecule has 0 aliphatic carbocycles. The minimum Gasteiger partial charge on any atom is -0.478 e. The van der Waals surface area contributed by atoms with E-state index in [0.717, 1.165) is 0 Å². The summed E-state index contributed by atoms with van der Waals surface area (Å²) >= 11 is 0. The van der Waals surface area contributed by atoms with Crippen LogP contribution in [0.2, 0.25) is 0 Å². The van der Waals surface area contributed by atoms with Gasteiger partial charge in [-0.25, -0.2) is 9.59 Å². The number of hydrogen-bond donors (Lipinski definition) is 1. The van der Waals surface area contributed by atoms with Gasteiger partial charge in [-0.3, -0.25) is 9.78 Å². The molecule has 2 aromatic rings. The number of nitrogens with zero attached hydrogens (tertiary/aromatic N) is 2. The maximum Gasteiger partial charge on any atom is 0.381 e. The molecular formula is C16H16N2O5. The smallest absolute Gasteiger partial charge is 0.381 e. The first-order chi connectivity index (χ1) is 10.9. The van der Waals surface area contributed by atoms with Crippen LogP contribution in [0, 0.1) is 6.92 Å². The maximum atomic E-state index is 12.3. The van der Waals surface area contributed by atoms with Gasteiger partial charge in [-0.1, -0.05) is 6.07 Å². The lowest BCUT2D eigenvalue weighted by atomic mass is 10.1. The largest absolute Gasteiger partial charge is 0.478 e. The van der Waals surface area contributed by atoms with Crippen molar-refractivity contribution in [3.63, 3.8) is 0 Å². The Morgan fingerprint density at radius 3 is 2.52 bits per heavy atom. The van der Waals surface area contributed by atoms with Crippen molar-refractivity contribution in [3.05, 3.63) is 41.2 Å². The highest BCUT2D eigenvalue weighted by Gasteiger charge is 2.31. The van der Waals surface area contributed by atoms with Crippen LogP contribution in [-0.2, 0) is 16.6 Å². The van der Waals surface area contributed by atoms with Crippen LogP contribution in [-0.4, -0.2) is 39.0 Å². The Morgan fingerprint density at radius 1 is 1.30 bits per heavy atom. The first-order valence-corrected chi connectivity index (χ1v) is 6.95. The summed E-state index contributed by atoms with van der Waals surface area (Å²) in [6.07, 6.45) is 1.52. The zero-order valence-corrected chi connectivity index (χ0v) is 13.0. The van der Waals surface area contributed by atoms with Crippen molar-refractivity contribution in [2.24, 2.45) is 7.05 Å². The fourth-order valence-electron chi connectivity index (χ4n) is 2.51. The second kappa shape index (κ2) is 6.43. The van der Waals surface area contributed by atoms with Gasteiger partial charge in [-0.2, -0.15) is 0 Å². The Hall–Kier alpha value is -2.96. The molecule has 0 unspecified atom stereocenters. The Balaban J connectivity index is 2.70. The lowest BCUT2D eigenvalue weighted by Crippen LogP contribution is -2.21. The van der Waals surface area contributed by atoms with Crippen LogP contribution >= 0.6 is 0 Å². The Morgan fingerprint density at radius 2 is 2.00 bits per heavy atom. The Labute approximate surface area is 132 Å². The van der Waals surface area contributed by atoms with E-state index in [2.05, 4.69) is 4.98 Å². The summed E-state index contributed by atoms with van der Waals surface area (Å²) in [4.78, 5) is 39.8. The summed E-state index contributed by atoms with van der Waals surface area (Å²) in [7, 11) is 1.52. The van der Waals surface area contributed by atoms with Crippen LogP contribution in [0.15, 0.2) is 24.4 Å². The molecule has 0 fully saturated rings. The van der Waals surface area contributed by atoms with Gasteiger partial charge in [0.25, 0.3) is 5.78 Å². The number of aromatic carboxylic acids is 1. The number of pyridine rings is 1. The molecule has 0 aromatic carbocycles. The molecule has 2 rings (SSSR count). The SMILES string of the molecule is CCOC(=O)C(=O)c1c(C)c(C(=O)O)c(-c2ccccn2)n1C. The van der Waals surface area contributed by atoms with Crippen LogP contribution in [0.4, 0.5) is 0 Å². The van der Waals surface area contributed by atoms with E-state index in [1.807, 2.05) is 0 Å². The molecule has 0 amide bonds. The molecule has 0 aliphatic rings. The van der Waals surface area contributed by atoms with Gasteiger partial charge in [0.1, 0.15) is 5.69 Å². The molecule has 7 heteroatoms. The molecule has 1 N–H and O–H groups in total. The van der Waals surface area contributed by atoms with Crippen molar-refractivity contribution in [2.75, 3.05) is 6.61 Å². The van der Waals surface area contributed by atoms with E-state index in [1.54, 1.807) is 25.1 Å². The van der Waals surface area contributed by atoms with E-state index in [-0.39, 0.29) is 29.1 Å². The number of aromatic nitrogens is 2. The van der Waals surface area contributed by atoms with Crippen LogP contribution < -0.4 is 0 Å². The number of carbonyl (C=O) groups is 3. The van der Waals surface area contributed by atoms with Gasteiger partial charge < -0.3 is 14.4 Å². The number of carbonyl (C=O) groups excluding carboxylic acids is 2. The zero-order chi connectivity index (χ0) is 17.1. The third kappa shape index (κ3) is 2.85. The maximum absolute atomic E-state index is 12.3. The average molecular weight is 316 g/mol. The number of rotatable bonds is 5. The lowest BCUT2D eigenvalue weighted by molar-refractivity contribution is -0.137. The van der Waals surface area contributed by atoms with Crippen LogP contribution in [0.1, 0.15) is 33.3 Å². The number of carboxylic acid groups (broad SMARTS) is 1. The summed E-state index contributed by atoms with van der Waals surface area (Å²) in [5.74, 6) is -3.08. The van der Waals surface area contributed by atoms with E-state index in [0.29, 0.717) is 5.69 Å². The first kappa shape index (κ1) is 16.4. The number of ketones is 1. The number of carboxylic acids is 1. The molecule has 0 saturated carbocycles.